The van der Waals surface area contributed by atoms with Crippen molar-refractivity contribution in [3.8, 4) is 5.75 Å². The zero-order chi connectivity index (χ0) is 18.0. The van der Waals surface area contributed by atoms with Gasteiger partial charge in [0.1, 0.15) is 10.6 Å². The Kier molecular flexibility index (Phi) is 4.89. The number of ether oxygens (including phenoxy) is 1. The van der Waals surface area contributed by atoms with Crippen LogP contribution in [0.2, 0.25) is 0 Å². The van der Waals surface area contributed by atoms with Crippen LogP contribution in [0.4, 0.5) is 5.13 Å². The lowest BCUT2D eigenvalue weighted by Crippen LogP contribution is -2.50. The van der Waals surface area contributed by atoms with E-state index in [1.165, 1.54) is 11.3 Å². The lowest BCUT2D eigenvalue weighted by atomic mass is 10.1. The predicted octanol–water partition coefficient (Wildman–Crippen LogP) is 1.64. The van der Waals surface area contributed by atoms with Crippen molar-refractivity contribution in [2.75, 3.05) is 39.0 Å². The van der Waals surface area contributed by atoms with Crippen LogP contribution < -0.4 is 10.5 Å². The molecule has 0 unspecified atom stereocenters. The van der Waals surface area contributed by atoms with E-state index in [0.717, 1.165) is 0 Å². The first kappa shape index (κ1) is 17.2. The molecule has 1 aromatic carbocycles. The van der Waals surface area contributed by atoms with Crippen molar-refractivity contribution in [3.05, 3.63) is 40.4 Å². The number of rotatable bonds is 3. The average Bonchev–Trinajstić information content (AvgIpc) is 2.99. The number of anilines is 1. The first-order valence-electron chi connectivity index (χ1n) is 7.95. The van der Waals surface area contributed by atoms with Gasteiger partial charge in [-0.25, -0.2) is 4.98 Å². The Morgan fingerprint density at radius 2 is 1.80 bits per heavy atom. The quantitative estimate of drug-likeness (QED) is 0.899. The number of methoxy groups -OCH3 is 1. The van der Waals surface area contributed by atoms with Crippen molar-refractivity contribution in [1.82, 2.24) is 14.8 Å². The Bertz CT molecular complexity index is 797. The molecule has 2 aromatic rings. The van der Waals surface area contributed by atoms with Gasteiger partial charge in [0.05, 0.1) is 12.8 Å². The number of piperazine rings is 1. The highest BCUT2D eigenvalue weighted by Gasteiger charge is 2.27. The molecule has 1 saturated heterocycles. The van der Waals surface area contributed by atoms with Gasteiger partial charge in [0, 0.05) is 31.7 Å². The van der Waals surface area contributed by atoms with Crippen LogP contribution >= 0.6 is 11.3 Å². The van der Waals surface area contributed by atoms with Gasteiger partial charge in [0.2, 0.25) is 0 Å². The monoisotopic (exact) mass is 360 g/mol. The summed E-state index contributed by atoms with van der Waals surface area (Å²) in [5.74, 6) is 0.530. The number of nitrogen functional groups attached to an aromatic ring is 1. The number of aromatic nitrogens is 1. The van der Waals surface area contributed by atoms with Crippen LogP contribution in [-0.2, 0) is 0 Å². The summed E-state index contributed by atoms with van der Waals surface area (Å²) in [6.45, 7) is 3.75. The summed E-state index contributed by atoms with van der Waals surface area (Å²) in [6.07, 6.45) is 0. The van der Waals surface area contributed by atoms with E-state index in [2.05, 4.69) is 4.98 Å². The number of hydrogen-bond acceptors (Lipinski definition) is 6. The van der Waals surface area contributed by atoms with Crippen LogP contribution in [0.3, 0.4) is 0 Å². The van der Waals surface area contributed by atoms with Crippen molar-refractivity contribution < 1.29 is 14.3 Å². The minimum Gasteiger partial charge on any atom is -0.497 e. The summed E-state index contributed by atoms with van der Waals surface area (Å²) in [6, 6.07) is 7.09. The van der Waals surface area contributed by atoms with Gasteiger partial charge in [-0.15, -0.1) is 0 Å². The van der Waals surface area contributed by atoms with E-state index >= 15 is 0 Å². The fourth-order valence-corrected chi connectivity index (χ4v) is 3.61. The molecular weight excluding hydrogens is 340 g/mol. The lowest BCUT2D eigenvalue weighted by Gasteiger charge is -2.34. The molecule has 2 N–H and O–H groups in total. The third kappa shape index (κ3) is 3.58. The van der Waals surface area contributed by atoms with Crippen LogP contribution in [0.1, 0.15) is 25.7 Å². The van der Waals surface area contributed by atoms with Gasteiger partial charge >= 0.3 is 0 Å². The maximum absolute atomic E-state index is 12.6. The largest absolute Gasteiger partial charge is 0.497 e. The highest BCUT2D eigenvalue weighted by atomic mass is 32.1. The number of amides is 2. The van der Waals surface area contributed by atoms with E-state index in [1.807, 2.05) is 0 Å². The van der Waals surface area contributed by atoms with Gasteiger partial charge in [-0.1, -0.05) is 17.4 Å². The second-order valence-corrected chi connectivity index (χ2v) is 6.81. The number of carbonyl (C=O) groups excluding carboxylic acids is 2. The molecule has 0 aliphatic carbocycles. The van der Waals surface area contributed by atoms with Crippen molar-refractivity contribution in [1.29, 1.82) is 0 Å². The van der Waals surface area contributed by atoms with Crippen LogP contribution in [-0.4, -0.2) is 59.9 Å². The van der Waals surface area contributed by atoms with Gasteiger partial charge in [-0.3, -0.25) is 9.59 Å². The number of nitrogens with two attached hydrogens (primary N) is 1. The Hall–Kier alpha value is -2.61. The fourth-order valence-electron chi connectivity index (χ4n) is 2.81. The molecule has 132 valence electrons. The molecule has 7 nitrogen and oxygen atoms in total. The zero-order valence-electron chi connectivity index (χ0n) is 14.2. The van der Waals surface area contributed by atoms with E-state index < -0.39 is 0 Å². The van der Waals surface area contributed by atoms with Gasteiger partial charge < -0.3 is 20.3 Å². The van der Waals surface area contributed by atoms with Crippen LogP contribution in [0, 0.1) is 6.92 Å². The molecule has 1 aliphatic rings. The highest BCUT2D eigenvalue weighted by Crippen LogP contribution is 2.22. The van der Waals surface area contributed by atoms with Crippen molar-refractivity contribution in [2.24, 2.45) is 0 Å². The fraction of sp³-hybridized carbons (Fsp3) is 0.353. The minimum atomic E-state index is -0.0693. The van der Waals surface area contributed by atoms with E-state index in [-0.39, 0.29) is 11.8 Å². The third-order valence-electron chi connectivity index (χ3n) is 4.18. The predicted molar refractivity (Wildman–Crippen MR) is 96.1 cm³/mol. The standard InChI is InChI=1S/C17H20N4O3S/c1-11-14(25-17(18)19-11)16(23)21-8-6-20(7-9-21)15(22)12-4-3-5-13(10-12)24-2/h3-5,10H,6-9H2,1-2H3,(H2,18,19). The molecular formula is C17H20N4O3S. The van der Waals surface area contributed by atoms with Crippen molar-refractivity contribution in [2.45, 2.75) is 6.92 Å². The molecule has 0 bridgehead atoms. The molecule has 2 heterocycles. The maximum atomic E-state index is 12.6. The summed E-state index contributed by atoms with van der Waals surface area (Å²) in [5, 5.41) is 0.396. The molecule has 8 heteroatoms. The third-order valence-corrected chi connectivity index (χ3v) is 5.15. The normalized spacial score (nSPS) is 14.5. The second-order valence-electron chi connectivity index (χ2n) is 5.78. The van der Waals surface area contributed by atoms with Crippen LogP contribution in [0.5, 0.6) is 5.75 Å². The van der Waals surface area contributed by atoms with E-state index in [1.54, 1.807) is 48.1 Å². The highest BCUT2D eigenvalue weighted by molar-refractivity contribution is 7.17. The Morgan fingerprint density at radius 1 is 1.16 bits per heavy atom. The second kappa shape index (κ2) is 7.10. The number of hydrogen-bond donors (Lipinski definition) is 1. The lowest BCUT2D eigenvalue weighted by molar-refractivity contribution is 0.0537. The van der Waals surface area contributed by atoms with Crippen LogP contribution in [0.25, 0.3) is 0 Å². The minimum absolute atomic E-state index is 0.0517. The maximum Gasteiger partial charge on any atom is 0.266 e. The zero-order valence-corrected chi connectivity index (χ0v) is 15.0. The molecule has 0 atom stereocenters. The smallest absolute Gasteiger partial charge is 0.266 e. The average molecular weight is 360 g/mol. The Labute approximate surface area is 150 Å². The summed E-state index contributed by atoms with van der Waals surface area (Å²) in [7, 11) is 1.57. The van der Waals surface area contributed by atoms with Gasteiger partial charge in [0.25, 0.3) is 11.8 Å². The number of carbonyl (C=O) groups is 2. The molecule has 1 aromatic heterocycles. The molecule has 2 amide bonds. The number of aryl methyl sites for hydroxylation is 1. The molecule has 25 heavy (non-hydrogen) atoms. The molecule has 0 saturated carbocycles. The number of benzene rings is 1. The van der Waals surface area contributed by atoms with E-state index in [0.29, 0.717) is 53.2 Å². The molecule has 1 fully saturated rings. The Morgan fingerprint density at radius 3 is 2.36 bits per heavy atom. The summed E-state index contributed by atoms with van der Waals surface area (Å²) in [5.41, 5.74) is 6.91. The molecule has 3 rings (SSSR count). The van der Waals surface area contributed by atoms with Crippen molar-refractivity contribution >= 4 is 28.3 Å². The molecule has 1 aliphatic heterocycles. The first-order chi connectivity index (χ1) is 12.0. The topological polar surface area (TPSA) is 88.8 Å². The first-order valence-corrected chi connectivity index (χ1v) is 8.76. The molecule has 0 spiro atoms. The van der Waals surface area contributed by atoms with Gasteiger partial charge in [0.15, 0.2) is 5.13 Å². The van der Waals surface area contributed by atoms with Gasteiger partial charge in [-0.2, -0.15) is 0 Å². The SMILES string of the molecule is COc1cccc(C(=O)N2CCN(C(=O)c3sc(N)nc3C)CC2)c1. The van der Waals surface area contributed by atoms with Gasteiger partial charge in [-0.05, 0) is 25.1 Å². The number of nitrogens with zero attached hydrogens (tertiary/aromatic N) is 3. The molecule has 0 radical (unpaired) electrons. The summed E-state index contributed by atoms with van der Waals surface area (Å²) in [4.78, 5) is 33.4. The summed E-state index contributed by atoms with van der Waals surface area (Å²) >= 11 is 1.21. The number of thiazole rings is 1. The van der Waals surface area contributed by atoms with Crippen molar-refractivity contribution in [3.63, 3.8) is 0 Å². The van der Waals surface area contributed by atoms with Crippen LogP contribution in [0.15, 0.2) is 24.3 Å². The summed E-state index contributed by atoms with van der Waals surface area (Å²) < 4.78 is 5.16. The Balaban J connectivity index is 1.64. The van der Waals surface area contributed by atoms with E-state index in [4.69, 9.17) is 10.5 Å². The van der Waals surface area contributed by atoms with E-state index in [9.17, 15) is 9.59 Å².